The summed E-state index contributed by atoms with van der Waals surface area (Å²) < 4.78 is 42.7. The fourth-order valence-electron chi connectivity index (χ4n) is 5.38. The van der Waals surface area contributed by atoms with E-state index in [4.69, 9.17) is 0 Å². The third-order valence-corrected chi connectivity index (χ3v) is 7.37. The molecule has 0 bridgehead atoms. The van der Waals surface area contributed by atoms with Crippen LogP contribution in [0, 0.1) is 11.3 Å². The van der Waals surface area contributed by atoms with E-state index in [-0.39, 0.29) is 31.3 Å². The standard InChI is InChI=1S/C24H32F3N3O2/c25-24(26,27)23(10-15-28(18-23)17-20-6-2-1-3-7-20)22(32)30-13-8-19(9-14-30)16-21(31)29-11-4-5-12-29/h1-3,6-7,19H,4-5,8-18H2. The summed E-state index contributed by atoms with van der Waals surface area (Å²) in [6.45, 7) is 2.58. The van der Waals surface area contributed by atoms with E-state index in [2.05, 4.69) is 0 Å². The first-order valence-electron chi connectivity index (χ1n) is 11.7. The molecular weight excluding hydrogens is 419 g/mol. The van der Waals surface area contributed by atoms with E-state index in [1.807, 2.05) is 35.2 Å². The normalized spacial score (nSPS) is 25.5. The lowest BCUT2D eigenvalue weighted by Crippen LogP contribution is -2.55. The van der Waals surface area contributed by atoms with Gasteiger partial charge in [0.2, 0.25) is 11.8 Å². The second-order valence-corrected chi connectivity index (χ2v) is 9.55. The van der Waals surface area contributed by atoms with Gasteiger partial charge in [-0.15, -0.1) is 0 Å². The summed E-state index contributed by atoms with van der Waals surface area (Å²) in [6, 6.07) is 9.39. The molecule has 0 saturated carbocycles. The van der Waals surface area contributed by atoms with Gasteiger partial charge in [0.05, 0.1) is 0 Å². The molecule has 1 aromatic rings. The van der Waals surface area contributed by atoms with Crippen molar-refractivity contribution in [3.8, 4) is 0 Å². The summed E-state index contributed by atoms with van der Waals surface area (Å²) in [7, 11) is 0. The molecule has 1 unspecified atom stereocenters. The van der Waals surface area contributed by atoms with Gasteiger partial charge >= 0.3 is 6.18 Å². The SMILES string of the molecule is O=C(CC1CCN(C(=O)C2(C(F)(F)F)CCN(Cc3ccccc3)C2)CC1)N1CCCC1. The van der Waals surface area contributed by atoms with Crippen LogP contribution in [0.1, 0.15) is 44.1 Å². The fraction of sp³-hybridized carbons (Fsp3) is 0.667. The van der Waals surface area contributed by atoms with E-state index in [0.29, 0.717) is 38.9 Å². The molecule has 5 nitrogen and oxygen atoms in total. The van der Waals surface area contributed by atoms with Crippen molar-refractivity contribution >= 4 is 11.8 Å². The maximum atomic E-state index is 14.2. The minimum atomic E-state index is -4.59. The Balaban J connectivity index is 1.36. The van der Waals surface area contributed by atoms with Gasteiger partial charge in [-0.3, -0.25) is 14.5 Å². The average Bonchev–Trinajstić information content (AvgIpc) is 3.45. The van der Waals surface area contributed by atoms with Crippen molar-refractivity contribution in [2.75, 3.05) is 39.3 Å². The van der Waals surface area contributed by atoms with Crippen LogP contribution in [0.15, 0.2) is 30.3 Å². The largest absolute Gasteiger partial charge is 0.404 e. The Hall–Kier alpha value is -2.09. The summed E-state index contributed by atoms with van der Waals surface area (Å²) in [4.78, 5) is 30.6. The molecule has 0 spiro atoms. The number of piperidine rings is 1. The zero-order chi connectivity index (χ0) is 22.8. The van der Waals surface area contributed by atoms with Crippen molar-refractivity contribution in [2.24, 2.45) is 11.3 Å². The molecule has 8 heteroatoms. The zero-order valence-electron chi connectivity index (χ0n) is 18.4. The number of hydrogen-bond donors (Lipinski definition) is 0. The van der Waals surface area contributed by atoms with Crippen LogP contribution in [0.3, 0.4) is 0 Å². The highest BCUT2D eigenvalue weighted by molar-refractivity contribution is 5.84. The van der Waals surface area contributed by atoms with E-state index in [0.717, 1.165) is 31.5 Å². The van der Waals surface area contributed by atoms with Crippen LogP contribution in [-0.4, -0.2) is 72.0 Å². The Kier molecular flexibility index (Phi) is 6.79. The molecule has 3 heterocycles. The minimum absolute atomic E-state index is 0.145. The highest BCUT2D eigenvalue weighted by Gasteiger charge is 2.64. The van der Waals surface area contributed by atoms with Gasteiger partial charge in [0.25, 0.3) is 0 Å². The number of amides is 2. The quantitative estimate of drug-likeness (QED) is 0.686. The minimum Gasteiger partial charge on any atom is -0.343 e. The van der Waals surface area contributed by atoms with Crippen LogP contribution in [0.5, 0.6) is 0 Å². The maximum absolute atomic E-state index is 14.2. The average molecular weight is 452 g/mol. The topological polar surface area (TPSA) is 43.9 Å². The molecular formula is C24H32F3N3O2. The molecule has 176 valence electrons. The number of likely N-dealkylation sites (tertiary alicyclic amines) is 3. The van der Waals surface area contributed by atoms with Crippen LogP contribution >= 0.6 is 0 Å². The molecule has 3 aliphatic rings. The van der Waals surface area contributed by atoms with Gasteiger partial charge < -0.3 is 9.80 Å². The summed E-state index contributed by atoms with van der Waals surface area (Å²) in [5, 5.41) is 0. The molecule has 32 heavy (non-hydrogen) atoms. The monoisotopic (exact) mass is 451 g/mol. The Morgan fingerprint density at radius 2 is 1.59 bits per heavy atom. The lowest BCUT2D eigenvalue weighted by molar-refractivity contribution is -0.224. The van der Waals surface area contributed by atoms with Gasteiger partial charge in [-0.05, 0) is 50.1 Å². The first kappa shape index (κ1) is 23.1. The first-order chi connectivity index (χ1) is 15.3. The van der Waals surface area contributed by atoms with Crippen molar-refractivity contribution in [1.29, 1.82) is 0 Å². The molecule has 3 aliphatic heterocycles. The molecule has 0 aliphatic carbocycles. The summed E-state index contributed by atoms with van der Waals surface area (Å²) in [5.74, 6) is -0.497. The third kappa shape index (κ3) is 4.80. The number of alkyl halides is 3. The summed E-state index contributed by atoms with van der Waals surface area (Å²) >= 11 is 0. The molecule has 1 atom stereocenters. The van der Waals surface area contributed by atoms with Gasteiger partial charge in [-0.25, -0.2) is 0 Å². The zero-order valence-corrected chi connectivity index (χ0v) is 18.4. The predicted molar refractivity (Wildman–Crippen MR) is 115 cm³/mol. The Bertz CT molecular complexity index is 802. The van der Waals surface area contributed by atoms with Crippen LogP contribution in [-0.2, 0) is 16.1 Å². The number of hydrogen-bond acceptors (Lipinski definition) is 3. The van der Waals surface area contributed by atoms with Crippen LogP contribution < -0.4 is 0 Å². The van der Waals surface area contributed by atoms with E-state index in [1.54, 1.807) is 4.90 Å². The molecule has 0 aromatic heterocycles. The Morgan fingerprint density at radius 3 is 2.22 bits per heavy atom. The maximum Gasteiger partial charge on any atom is 0.404 e. The smallest absolute Gasteiger partial charge is 0.343 e. The number of carbonyl (C=O) groups excluding carboxylic acids is 2. The lowest BCUT2D eigenvalue weighted by atomic mass is 9.83. The first-order valence-corrected chi connectivity index (χ1v) is 11.7. The van der Waals surface area contributed by atoms with Crippen molar-refractivity contribution in [1.82, 2.24) is 14.7 Å². The lowest BCUT2D eigenvalue weighted by Gasteiger charge is -2.39. The molecule has 3 saturated heterocycles. The Labute approximate surface area is 187 Å². The van der Waals surface area contributed by atoms with E-state index in [9.17, 15) is 22.8 Å². The molecule has 2 amide bonds. The number of nitrogens with zero attached hydrogens (tertiary/aromatic N) is 3. The van der Waals surface area contributed by atoms with Crippen LogP contribution in [0.4, 0.5) is 13.2 Å². The second-order valence-electron chi connectivity index (χ2n) is 9.55. The fourth-order valence-corrected chi connectivity index (χ4v) is 5.38. The van der Waals surface area contributed by atoms with E-state index in [1.165, 1.54) is 4.90 Å². The third-order valence-electron chi connectivity index (χ3n) is 7.37. The van der Waals surface area contributed by atoms with Gasteiger partial charge in [0.15, 0.2) is 5.41 Å². The highest BCUT2D eigenvalue weighted by atomic mass is 19.4. The number of carbonyl (C=O) groups is 2. The van der Waals surface area contributed by atoms with E-state index >= 15 is 0 Å². The van der Waals surface area contributed by atoms with Gasteiger partial charge in [0, 0.05) is 45.7 Å². The predicted octanol–water partition coefficient (Wildman–Crippen LogP) is 3.69. The van der Waals surface area contributed by atoms with Gasteiger partial charge in [-0.1, -0.05) is 30.3 Å². The second kappa shape index (κ2) is 9.41. The highest BCUT2D eigenvalue weighted by Crippen LogP contribution is 2.47. The van der Waals surface area contributed by atoms with Crippen LogP contribution in [0.2, 0.25) is 0 Å². The summed E-state index contributed by atoms with van der Waals surface area (Å²) in [6.07, 6.45) is -1.08. The molecule has 1 aromatic carbocycles. The summed E-state index contributed by atoms with van der Waals surface area (Å²) in [5.41, 5.74) is -1.39. The number of benzene rings is 1. The van der Waals surface area contributed by atoms with E-state index < -0.39 is 17.5 Å². The van der Waals surface area contributed by atoms with Crippen molar-refractivity contribution in [3.05, 3.63) is 35.9 Å². The van der Waals surface area contributed by atoms with Crippen molar-refractivity contribution < 1.29 is 22.8 Å². The molecule has 3 fully saturated rings. The van der Waals surface area contributed by atoms with Crippen molar-refractivity contribution in [2.45, 2.75) is 51.2 Å². The number of rotatable bonds is 5. The molecule has 4 rings (SSSR count). The van der Waals surface area contributed by atoms with Crippen LogP contribution in [0.25, 0.3) is 0 Å². The van der Waals surface area contributed by atoms with Gasteiger partial charge in [0.1, 0.15) is 0 Å². The molecule has 0 N–H and O–H groups in total. The van der Waals surface area contributed by atoms with Crippen molar-refractivity contribution in [3.63, 3.8) is 0 Å². The molecule has 0 radical (unpaired) electrons. The number of halogens is 3. The van der Waals surface area contributed by atoms with Gasteiger partial charge in [-0.2, -0.15) is 13.2 Å². The Morgan fingerprint density at radius 1 is 0.938 bits per heavy atom.